The normalized spacial score (nSPS) is 10.8. The molecule has 1 aromatic carbocycles. The first-order valence-electron chi connectivity index (χ1n) is 7.80. The van der Waals surface area contributed by atoms with E-state index in [4.69, 9.17) is 4.74 Å². The van der Waals surface area contributed by atoms with Crippen molar-refractivity contribution in [2.24, 2.45) is 0 Å². The van der Waals surface area contributed by atoms with Crippen LogP contribution in [0, 0.1) is 0 Å². The molecule has 0 atom stereocenters. The van der Waals surface area contributed by atoms with Gasteiger partial charge in [-0.15, -0.1) is 0 Å². The number of nitrogens with zero attached hydrogens (tertiary/aromatic N) is 3. The largest absolute Gasteiger partial charge is 0.494 e. The van der Waals surface area contributed by atoms with E-state index in [9.17, 15) is 4.79 Å². The first-order chi connectivity index (χ1) is 11.3. The Kier molecular flexibility index (Phi) is 4.66. The van der Waals surface area contributed by atoms with Gasteiger partial charge in [-0.1, -0.05) is 18.2 Å². The Hall–Kier alpha value is -2.69. The molecule has 5 heteroatoms. The molecule has 0 bridgehead atoms. The maximum Gasteiger partial charge on any atom is 0.279 e. The molecule has 0 radical (unpaired) electrons. The van der Waals surface area contributed by atoms with Gasteiger partial charge < -0.3 is 4.74 Å². The Morgan fingerprint density at radius 2 is 2.00 bits per heavy atom. The highest BCUT2D eigenvalue weighted by molar-refractivity contribution is 5.71. The van der Waals surface area contributed by atoms with E-state index in [1.54, 1.807) is 29.2 Å². The molecule has 0 aliphatic rings. The molecule has 0 N–H and O–H groups in total. The third-order valence-electron chi connectivity index (χ3n) is 3.70. The quantitative estimate of drug-likeness (QED) is 0.702. The van der Waals surface area contributed by atoms with E-state index < -0.39 is 0 Å². The van der Waals surface area contributed by atoms with Gasteiger partial charge in [0.25, 0.3) is 5.56 Å². The second-order valence-corrected chi connectivity index (χ2v) is 5.26. The zero-order valence-electron chi connectivity index (χ0n) is 13.1. The van der Waals surface area contributed by atoms with E-state index in [0.717, 1.165) is 24.2 Å². The second-order valence-electron chi connectivity index (χ2n) is 5.26. The number of fused-ring (bicyclic) bond motifs is 1. The van der Waals surface area contributed by atoms with Crippen molar-refractivity contribution in [1.82, 2.24) is 14.5 Å². The molecule has 0 aliphatic carbocycles. The predicted molar refractivity (Wildman–Crippen MR) is 89.7 cm³/mol. The number of hydrogen-bond acceptors (Lipinski definition) is 4. The molecule has 0 saturated carbocycles. The lowest BCUT2D eigenvalue weighted by molar-refractivity contribution is 0.336. The van der Waals surface area contributed by atoms with Gasteiger partial charge in [-0.3, -0.25) is 9.36 Å². The summed E-state index contributed by atoms with van der Waals surface area (Å²) in [4.78, 5) is 20.8. The van der Waals surface area contributed by atoms with Crippen molar-refractivity contribution in [2.45, 2.75) is 26.3 Å². The van der Waals surface area contributed by atoms with Crippen molar-refractivity contribution in [3.05, 3.63) is 64.8 Å². The summed E-state index contributed by atoms with van der Waals surface area (Å²) in [5.74, 6) is 0.917. The topological polar surface area (TPSA) is 57.0 Å². The van der Waals surface area contributed by atoms with Crippen LogP contribution < -0.4 is 10.3 Å². The highest BCUT2D eigenvalue weighted by atomic mass is 16.5. The van der Waals surface area contributed by atoms with Gasteiger partial charge in [0.1, 0.15) is 5.75 Å². The molecular formula is C18H19N3O2. The van der Waals surface area contributed by atoms with Crippen LogP contribution in [0.15, 0.2) is 53.7 Å². The Morgan fingerprint density at radius 1 is 1.13 bits per heavy atom. The summed E-state index contributed by atoms with van der Waals surface area (Å²) in [5, 5.41) is 0. The van der Waals surface area contributed by atoms with Crippen molar-refractivity contribution >= 4 is 11.0 Å². The van der Waals surface area contributed by atoms with E-state index in [2.05, 4.69) is 16.0 Å². The number of benzene rings is 1. The van der Waals surface area contributed by atoms with Crippen molar-refractivity contribution in [2.75, 3.05) is 6.61 Å². The SMILES string of the molecule is CCOc1ccccc1CCCn1cnc2cccnc2c1=O. The van der Waals surface area contributed by atoms with E-state index in [0.29, 0.717) is 24.2 Å². The number of ether oxygens (including phenoxy) is 1. The third kappa shape index (κ3) is 3.39. The molecule has 0 aliphatic heterocycles. The standard InChI is InChI=1S/C18H19N3O2/c1-2-23-16-10-4-3-7-14(16)8-6-12-21-13-20-15-9-5-11-19-17(15)18(21)22/h3-5,7,9-11,13H,2,6,8,12H2,1H3. The Bertz CT molecular complexity index is 858. The average Bonchev–Trinajstić information content (AvgIpc) is 2.59. The van der Waals surface area contributed by atoms with Crippen LogP contribution in [-0.4, -0.2) is 21.1 Å². The summed E-state index contributed by atoms with van der Waals surface area (Å²) in [6.45, 7) is 3.24. The van der Waals surface area contributed by atoms with Gasteiger partial charge in [-0.25, -0.2) is 9.97 Å². The summed E-state index contributed by atoms with van der Waals surface area (Å²) in [6.07, 6.45) is 4.90. The van der Waals surface area contributed by atoms with Crippen LogP contribution in [0.4, 0.5) is 0 Å². The molecule has 23 heavy (non-hydrogen) atoms. The van der Waals surface area contributed by atoms with Gasteiger partial charge >= 0.3 is 0 Å². The molecule has 118 valence electrons. The molecule has 0 amide bonds. The van der Waals surface area contributed by atoms with Crippen LogP contribution in [-0.2, 0) is 13.0 Å². The lowest BCUT2D eigenvalue weighted by Gasteiger charge is -2.10. The molecule has 0 unspecified atom stereocenters. The van der Waals surface area contributed by atoms with E-state index in [-0.39, 0.29) is 5.56 Å². The summed E-state index contributed by atoms with van der Waals surface area (Å²) >= 11 is 0. The lowest BCUT2D eigenvalue weighted by atomic mass is 10.1. The number of hydrogen-bond donors (Lipinski definition) is 0. The van der Waals surface area contributed by atoms with Gasteiger partial charge in [-0.05, 0) is 43.5 Å². The van der Waals surface area contributed by atoms with Gasteiger partial charge in [0.15, 0.2) is 5.52 Å². The van der Waals surface area contributed by atoms with Crippen molar-refractivity contribution in [3.8, 4) is 5.75 Å². The van der Waals surface area contributed by atoms with E-state index in [1.807, 2.05) is 25.1 Å². The first-order valence-corrected chi connectivity index (χ1v) is 7.80. The van der Waals surface area contributed by atoms with Crippen molar-refractivity contribution in [3.63, 3.8) is 0 Å². The number of para-hydroxylation sites is 1. The predicted octanol–water partition coefficient (Wildman–Crippen LogP) is 2.82. The minimum Gasteiger partial charge on any atom is -0.494 e. The molecule has 2 heterocycles. The van der Waals surface area contributed by atoms with E-state index >= 15 is 0 Å². The number of rotatable bonds is 6. The van der Waals surface area contributed by atoms with Gasteiger partial charge in [0.05, 0.1) is 18.5 Å². The van der Waals surface area contributed by atoms with Crippen LogP contribution in [0.1, 0.15) is 18.9 Å². The highest BCUT2D eigenvalue weighted by Gasteiger charge is 2.06. The summed E-state index contributed by atoms with van der Waals surface area (Å²) < 4.78 is 7.25. The third-order valence-corrected chi connectivity index (χ3v) is 3.70. The van der Waals surface area contributed by atoms with Gasteiger partial charge in [-0.2, -0.15) is 0 Å². The molecule has 0 spiro atoms. The number of aryl methyl sites for hydroxylation is 2. The highest BCUT2D eigenvalue weighted by Crippen LogP contribution is 2.19. The van der Waals surface area contributed by atoms with Gasteiger partial charge in [0, 0.05) is 12.7 Å². The van der Waals surface area contributed by atoms with Crippen molar-refractivity contribution < 1.29 is 4.74 Å². The first kappa shape index (κ1) is 15.2. The Labute approximate surface area is 134 Å². The zero-order valence-corrected chi connectivity index (χ0v) is 13.1. The van der Waals surface area contributed by atoms with Crippen molar-refractivity contribution in [1.29, 1.82) is 0 Å². The van der Waals surface area contributed by atoms with E-state index in [1.165, 1.54) is 0 Å². The smallest absolute Gasteiger partial charge is 0.279 e. The van der Waals surface area contributed by atoms with Crippen LogP contribution in [0.3, 0.4) is 0 Å². The number of pyridine rings is 1. The van der Waals surface area contributed by atoms with Crippen LogP contribution >= 0.6 is 0 Å². The molecule has 0 saturated heterocycles. The van der Waals surface area contributed by atoms with Crippen LogP contribution in [0.5, 0.6) is 5.75 Å². The fourth-order valence-corrected chi connectivity index (χ4v) is 2.59. The molecule has 3 aromatic rings. The maximum atomic E-state index is 12.4. The second kappa shape index (κ2) is 7.05. The molecule has 5 nitrogen and oxygen atoms in total. The molecular weight excluding hydrogens is 290 g/mol. The Balaban J connectivity index is 1.72. The Morgan fingerprint density at radius 3 is 2.87 bits per heavy atom. The molecule has 3 rings (SSSR count). The van der Waals surface area contributed by atoms with Crippen LogP contribution in [0.2, 0.25) is 0 Å². The summed E-state index contributed by atoms with van der Waals surface area (Å²) in [5.41, 5.74) is 2.13. The summed E-state index contributed by atoms with van der Waals surface area (Å²) in [6, 6.07) is 11.6. The monoisotopic (exact) mass is 309 g/mol. The average molecular weight is 309 g/mol. The van der Waals surface area contributed by atoms with Gasteiger partial charge in [0.2, 0.25) is 0 Å². The minimum atomic E-state index is -0.0892. The fourth-order valence-electron chi connectivity index (χ4n) is 2.59. The zero-order chi connectivity index (χ0) is 16.1. The maximum absolute atomic E-state index is 12.4. The summed E-state index contributed by atoms with van der Waals surface area (Å²) in [7, 11) is 0. The molecule has 2 aromatic heterocycles. The minimum absolute atomic E-state index is 0.0892. The molecule has 0 fully saturated rings. The number of aromatic nitrogens is 3. The fraction of sp³-hybridized carbons (Fsp3) is 0.278. The van der Waals surface area contributed by atoms with Crippen LogP contribution in [0.25, 0.3) is 11.0 Å². The lowest BCUT2D eigenvalue weighted by Crippen LogP contribution is -2.21.